The van der Waals surface area contributed by atoms with Crippen molar-refractivity contribution >= 4 is 22.9 Å². The highest BCUT2D eigenvalue weighted by molar-refractivity contribution is 6.27. The Morgan fingerprint density at radius 3 is 2.00 bits per heavy atom. The highest BCUT2D eigenvalue weighted by Crippen LogP contribution is 2.40. The summed E-state index contributed by atoms with van der Waals surface area (Å²) in [5.41, 5.74) is -1.25. The van der Waals surface area contributed by atoms with Gasteiger partial charge in [0.2, 0.25) is 11.2 Å². The number of fused-ring (bicyclic) bond motifs is 1. The molecule has 0 bridgehead atoms. The minimum absolute atomic E-state index is 0.00948. The highest BCUT2D eigenvalue weighted by atomic mass is 19.4. The second-order valence-corrected chi connectivity index (χ2v) is 7.15. The molecule has 0 aliphatic heterocycles. The predicted octanol–water partition coefficient (Wildman–Crippen LogP) is 3.54. The lowest BCUT2D eigenvalue weighted by molar-refractivity contribution is -0.159. The normalized spacial score (nSPS) is 11.1. The molecule has 0 radical (unpaired) electrons. The molecule has 10 nitrogen and oxygen atoms in total. The zero-order chi connectivity index (χ0) is 26.5. The Balaban J connectivity index is 0.000000641. The van der Waals surface area contributed by atoms with Gasteiger partial charge in [-0.05, 0) is 50.5 Å². The number of phenolic OH excluding ortho intramolecular Hbond substituents is 1. The molecular weight excluding hydrogens is 479 g/mol. The van der Waals surface area contributed by atoms with Crippen molar-refractivity contribution in [3.63, 3.8) is 0 Å². The first-order valence-electron chi connectivity index (χ1n) is 9.58. The van der Waals surface area contributed by atoms with E-state index < -0.39 is 35.1 Å². The lowest BCUT2D eigenvalue weighted by Gasteiger charge is -2.17. The molecular formula is C22H20F3NO9. The summed E-state index contributed by atoms with van der Waals surface area (Å²) in [7, 11) is 4.78. The fourth-order valence-corrected chi connectivity index (χ4v) is 2.80. The number of nitrogens with zero attached hydrogens (tertiary/aromatic N) is 1. The van der Waals surface area contributed by atoms with Crippen molar-refractivity contribution in [3.8, 4) is 23.0 Å². The van der Waals surface area contributed by atoms with Crippen molar-refractivity contribution in [2.24, 2.45) is 0 Å². The maximum absolute atomic E-state index is 13.7. The van der Waals surface area contributed by atoms with Crippen molar-refractivity contribution in [2.75, 3.05) is 21.2 Å². The summed E-state index contributed by atoms with van der Waals surface area (Å²) in [5.74, 6) is -5.98. The van der Waals surface area contributed by atoms with E-state index in [4.69, 9.17) is 33.7 Å². The molecule has 35 heavy (non-hydrogen) atoms. The number of alkyl halides is 3. The van der Waals surface area contributed by atoms with Crippen LogP contribution in [0.1, 0.15) is 11.3 Å². The molecule has 0 aliphatic rings. The van der Waals surface area contributed by atoms with E-state index in [0.29, 0.717) is 5.75 Å². The van der Waals surface area contributed by atoms with Crippen molar-refractivity contribution in [2.45, 2.75) is 12.7 Å². The molecule has 3 aromatic rings. The number of phenols is 1. The highest BCUT2D eigenvalue weighted by Gasteiger charge is 2.41. The van der Waals surface area contributed by atoms with Gasteiger partial charge in [-0.1, -0.05) is 0 Å². The monoisotopic (exact) mass is 499 g/mol. The standard InChI is InChI=1S/C20H18F3NO5.C2H2O4/c1-24(2)10-14-15(25)9-8-13-16(26)18(19(20(21,22)23)29-17(13)14)28-12-6-4-11(27-3)5-7-12;3-1(4)2(5)6/h4-9,25H,10H2,1-3H3;(H,3,4)(H,5,6). The van der Waals surface area contributed by atoms with Crippen LogP contribution < -0.4 is 14.9 Å². The molecule has 0 saturated carbocycles. The molecule has 0 aliphatic carbocycles. The summed E-state index contributed by atoms with van der Waals surface area (Å²) in [6, 6.07) is 8.16. The van der Waals surface area contributed by atoms with Gasteiger partial charge >= 0.3 is 18.1 Å². The first-order chi connectivity index (χ1) is 16.3. The number of aliphatic carboxylic acids is 2. The van der Waals surface area contributed by atoms with Crippen LogP contribution in [-0.2, 0) is 22.3 Å². The fourth-order valence-electron chi connectivity index (χ4n) is 2.80. The molecule has 3 rings (SSSR count). The van der Waals surface area contributed by atoms with Gasteiger partial charge in [-0.3, -0.25) is 4.79 Å². The summed E-state index contributed by atoms with van der Waals surface area (Å²) in [5, 5.41) is 24.7. The third kappa shape index (κ3) is 6.63. The van der Waals surface area contributed by atoms with Crippen LogP contribution in [-0.4, -0.2) is 53.4 Å². The van der Waals surface area contributed by atoms with E-state index >= 15 is 0 Å². The molecule has 0 fully saturated rings. The average molecular weight is 499 g/mol. The second-order valence-electron chi connectivity index (χ2n) is 7.15. The van der Waals surface area contributed by atoms with Crippen LogP contribution in [0.15, 0.2) is 45.6 Å². The predicted molar refractivity (Wildman–Crippen MR) is 115 cm³/mol. The Kier molecular flexibility index (Phi) is 8.31. The minimum Gasteiger partial charge on any atom is -0.507 e. The molecule has 13 heteroatoms. The third-order valence-electron chi connectivity index (χ3n) is 4.29. The lowest BCUT2D eigenvalue weighted by atomic mass is 10.1. The number of carbonyl (C=O) groups is 2. The summed E-state index contributed by atoms with van der Waals surface area (Å²) < 4.78 is 56.4. The van der Waals surface area contributed by atoms with Crippen molar-refractivity contribution in [1.29, 1.82) is 0 Å². The van der Waals surface area contributed by atoms with E-state index in [0.717, 1.165) is 0 Å². The van der Waals surface area contributed by atoms with E-state index in [2.05, 4.69) is 0 Å². The molecule has 2 aromatic carbocycles. The number of rotatable bonds is 5. The van der Waals surface area contributed by atoms with Crippen molar-refractivity contribution in [3.05, 3.63) is 57.9 Å². The molecule has 3 N–H and O–H groups in total. The van der Waals surface area contributed by atoms with Crippen LogP contribution >= 0.6 is 0 Å². The number of halogens is 3. The number of ether oxygens (including phenoxy) is 2. The number of carboxylic acid groups (broad SMARTS) is 2. The van der Waals surface area contributed by atoms with Gasteiger partial charge < -0.3 is 34.1 Å². The molecule has 0 amide bonds. The van der Waals surface area contributed by atoms with E-state index in [1.165, 1.54) is 43.5 Å². The van der Waals surface area contributed by atoms with Crippen LogP contribution in [0, 0.1) is 0 Å². The van der Waals surface area contributed by atoms with Crippen molar-refractivity contribution in [1.82, 2.24) is 4.90 Å². The van der Waals surface area contributed by atoms with Gasteiger partial charge in [0.05, 0.1) is 18.1 Å². The number of benzene rings is 2. The maximum Gasteiger partial charge on any atom is 0.453 e. The van der Waals surface area contributed by atoms with Crippen LogP contribution in [0.4, 0.5) is 13.2 Å². The van der Waals surface area contributed by atoms with E-state index in [-0.39, 0.29) is 34.6 Å². The fraction of sp³-hybridized carbons (Fsp3) is 0.227. The average Bonchev–Trinajstić information content (AvgIpc) is 2.77. The smallest absolute Gasteiger partial charge is 0.453 e. The van der Waals surface area contributed by atoms with Gasteiger partial charge in [-0.15, -0.1) is 0 Å². The maximum atomic E-state index is 13.7. The van der Waals surface area contributed by atoms with Crippen molar-refractivity contribution < 1.29 is 52.0 Å². The van der Waals surface area contributed by atoms with Gasteiger partial charge in [0.25, 0.3) is 5.76 Å². The number of hydrogen-bond donors (Lipinski definition) is 3. The summed E-state index contributed by atoms with van der Waals surface area (Å²) in [6.07, 6.45) is -4.99. The van der Waals surface area contributed by atoms with Crippen LogP contribution in [0.25, 0.3) is 11.0 Å². The Morgan fingerprint density at radius 2 is 1.54 bits per heavy atom. The largest absolute Gasteiger partial charge is 0.507 e. The van der Waals surface area contributed by atoms with Gasteiger partial charge in [0, 0.05) is 6.54 Å². The second kappa shape index (κ2) is 10.8. The van der Waals surface area contributed by atoms with E-state index in [1.807, 2.05) is 0 Å². The van der Waals surface area contributed by atoms with Gasteiger partial charge in [-0.2, -0.15) is 13.2 Å². The lowest BCUT2D eigenvalue weighted by Crippen LogP contribution is -2.17. The molecule has 188 valence electrons. The molecule has 0 spiro atoms. The number of aromatic hydroxyl groups is 1. The number of carboxylic acids is 2. The molecule has 0 unspecified atom stereocenters. The zero-order valence-electron chi connectivity index (χ0n) is 18.5. The SMILES string of the molecule is COc1ccc(Oc2c(C(F)(F)F)oc3c(CN(C)C)c(O)ccc3c2=O)cc1.O=C(O)C(=O)O. The molecule has 0 atom stereocenters. The number of hydrogen-bond acceptors (Lipinski definition) is 8. The van der Waals surface area contributed by atoms with Gasteiger partial charge in [0.15, 0.2) is 0 Å². The Bertz CT molecular complexity index is 1270. The number of methoxy groups -OCH3 is 1. The quantitative estimate of drug-likeness (QED) is 0.446. The summed E-state index contributed by atoms with van der Waals surface area (Å²) in [4.78, 5) is 32.7. The minimum atomic E-state index is -4.99. The van der Waals surface area contributed by atoms with Crippen LogP contribution in [0.5, 0.6) is 23.0 Å². The zero-order valence-corrected chi connectivity index (χ0v) is 18.5. The summed E-state index contributed by atoms with van der Waals surface area (Å²) in [6.45, 7) is 0.0715. The Labute approximate surface area is 195 Å². The summed E-state index contributed by atoms with van der Waals surface area (Å²) >= 11 is 0. The molecule has 0 saturated heterocycles. The topological polar surface area (TPSA) is 147 Å². The van der Waals surface area contributed by atoms with Crippen LogP contribution in [0.2, 0.25) is 0 Å². The third-order valence-corrected chi connectivity index (χ3v) is 4.29. The molecule has 1 heterocycles. The first kappa shape index (κ1) is 27.0. The first-order valence-corrected chi connectivity index (χ1v) is 9.58. The molecule has 1 aromatic heterocycles. The Morgan fingerprint density at radius 1 is 1.00 bits per heavy atom. The van der Waals surface area contributed by atoms with Gasteiger partial charge in [-0.25, -0.2) is 9.59 Å². The Hall–Kier alpha value is -4.26. The van der Waals surface area contributed by atoms with E-state index in [1.54, 1.807) is 19.0 Å². The van der Waals surface area contributed by atoms with Crippen LogP contribution in [0.3, 0.4) is 0 Å². The van der Waals surface area contributed by atoms with Gasteiger partial charge in [0.1, 0.15) is 22.8 Å². The van der Waals surface area contributed by atoms with E-state index in [9.17, 15) is 23.1 Å².